The van der Waals surface area contributed by atoms with Crippen LogP contribution < -0.4 is 9.80 Å². The minimum Gasteiger partial charge on any atom is -0.508 e. The number of phenolic OH excluding ortho intramolecular Hbond substituents is 1. The third kappa shape index (κ3) is 3.19. The Morgan fingerprint density at radius 1 is 1.00 bits per heavy atom. The van der Waals surface area contributed by atoms with Crippen molar-refractivity contribution >= 4 is 11.4 Å². The summed E-state index contributed by atoms with van der Waals surface area (Å²) in [4.78, 5) is 4.93. The third-order valence-corrected chi connectivity index (χ3v) is 4.55. The molecule has 0 spiro atoms. The topological polar surface area (TPSA) is 26.7 Å². The van der Waals surface area contributed by atoms with Crippen LogP contribution in [0.1, 0.15) is 19.8 Å². The fourth-order valence-corrected chi connectivity index (χ4v) is 3.37. The Kier molecular flexibility index (Phi) is 4.52. The summed E-state index contributed by atoms with van der Waals surface area (Å²) >= 11 is 0. The van der Waals surface area contributed by atoms with Crippen molar-refractivity contribution in [2.24, 2.45) is 0 Å². The molecule has 1 heterocycles. The second kappa shape index (κ2) is 6.73. The predicted molar refractivity (Wildman–Crippen MR) is 92.8 cm³/mol. The third-order valence-electron chi connectivity index (χ3n) is 4.55. The lowest BCUT2D eigenvalue weighted by Crippen LogP contribution is -2.45. The minimum absolute atomic E-state index is 0.333. The zero-order valence-corrected chi connectivity index (χ0v) is 13.2. The van der Waals surface area contributed by atoms with E-state index in [9.17, 15) is 5.11 Å². The van der Waals surface area contributed by atoms with Crippen LogP contribution >= 0.6 is 0 Å². The number of piperidine rings is 1. The van der Waals surface area contributed by atoms with E-state index in [0.29, 0.717) is 11.8 Å². The molecule has 22 heavy (non-hydrogen) atoms. The molecule has 2 aromatic rings. The Morgan fingerprint density at radius 3 is 2.23 bits per heavy atom. The molecular weight excluding hydrogens is 272 g/mol. The largest absolute Gasteiger partial charge is 0.508 e. The van der Waals surface area contributed by atoms with Crippen LogP contribution in [0.2, 0.25) is 0 Å². The molecule has 3 nitrogen and oxygen atoms in total. The molecule has 0 amide bonds. The van der Waals surface area contributed by atoms with Crippen LogP contribution in [-0.4, -0.2) is 30.8 Å². The average Bonchev–Trinajstić information content (AvgIpc) is 2.58. The van der Waals surface area contributed by atoms with Crippen molar-refractivity contribution in [3.8, 4) is 5.75 Å². The molecule has 1 N–H and O–H groups in total. The number of para-hydroxylation sites is 1. The number of hydrogen-bond donors (Lipinski definition) is 1. The Balaban J connectivity index is 1.64. The number of rotatable bonds is 4. The van der Waals surface area contributed by atoms with Gasteiger partial charge in [0, 0.05) is 37.1 Å². The van der Waals surface area contributed by atoms with Gasteiger partial charge in [0.2, 0.25) is 0 Å². The van der Waals surface area contributed by atoms with Gasteiger partial charge >= 0.3 is 0 Å². The first-order chi connectivity index (χ1) is 10.8. The molecule has 0 atom stereocenters. The van der Waals surface area contributed by atoms with Crippen LogP contribution in [0.5, 0.6) is 5.75 Å². The molecule has 1 saturated heterocycles. The van der Waals surface area contributed by atoms with Gasteiger partial charge in [-0.25, -0.2) is 0 Å². The Labute approximate surface area is 132 Å². The first kappa shape index (κ1) is 14.8. The van der Waals surface area contributed by atoms with Gasteiger partial charge in [0.25, 0.3) is 0 Å². The maximum absolute atomic E-state index is 9.40. The highest BCUT2D eigenvalue weighted by Crippen LogP contribution is 2.27. The minimum atomic E-state index is 0.333. The van der Waals surface area contributed by atoms with Crippen molar-refractivity contribution in [3.05, 3.63) is 54.6 Å². The second-order valence-electron chi connectivity index (χ2n) is 5.86. The van der Waals surface area contributed by atoms with Crippen LogP contribution in [0.4, 0.5) is 11.4 Å². The fraction of sp³-hybridized carbons (Fsp3) is 0.368. The second-order valence-corrected chi connectivity index (χ2v) is 5.86. The monoisotopic (exact) mass is 296 g/mol. The number of phenols is 1. The van der Waals surface area contributed by atoms with Crippen LogP contribution in [-0.2, 0) is 0 Å². The molecule has 0 aliphatic carbocycles. The molecule has 3 heteroatoms. The van der Waals surface area contributed by atoms with Crippen molar-refractivity contribution in [1.29, 1.82) is 0 Å². The summed E-state index contributed by atoms with van der Waals surface area (Å²) in [6.45, 7) is 5.42. The quantitative estimate of drug-likeness (QED) is 0.927. The first-order valence-corrected chi connectivity index (χ1v) is 8.13. The van der Waals surface area contributed by atoms with Crippen LogP contribution in [0.15, 0.2) is 54.6 Å². The van der Waals surface area contributed by atoms with E-state index in [2.05, 4.69) is 47.1 Å². The Bertz CT molecular complexity index is 574. The zero-order valence-electron chi connectivity index (χ0n) is 13.2. The highest BCUT2D eigenvalue weighted by atomic mass is 16.3. The lowest BCUT2D eigenvalue weighted by molar-refractivity contribution is 0.467. The molecule has 0 bridgehead atoms. The number of anilines is 2. The smallest absolute Gasteiger partial charge is 0.115 e. The van der Waals surface area contributed by atoms with Crippen LogP contribution in [0, 0.1) is 0 Å². The van der Waals surface area contributed by atoms with E-state index in [0.717, 1.165) is 19.6 Å². The zero-order chi connectivity index (χ0) is 15.4. The van der Waals surface area contributed by atoms with Gasteiger partial charge in [-0.05, 0) is 56.2 Å². The van der Waals surface area contributed by atoms with Gasteiger partial charge in [-0.3, -0.25) is 0 Å². The maximum Gasteiger partial charge on any atom is 0.115 e. The molecule has 3 rings (SSSR count). The van der Waals surface area contributed by atoms with Gasteiger partial charge in [0.05, 0.1) is 0 Å². The summed E-state index contributed by atoms with van der Waals surface area (Å²) in [6.07, 6.45) is 2.34. The number of benzene rings is 2. The summed E-state index contributed by atoms with van der Waals surface area (Å²) in [5, 5.41) is 9.40. The lowest BCUT2D eigenvalue weighted by atomic mass is 10.0. The van der Waals surface area contributed by atoms with Crippen molar-refractivity contribution in [2.75, 3.05) is 29.4 Å². The number of nitrogens with zero attached hydrogens (tertiary/aromatic N) is 2. The molecule has 2 aromatic carbocycles. The van der Waals surface area contributed by atoms with Crippen molar-refractivity contribution in [3.63, 3.8) is 0 Å². The summed E-state index contributed by atoms with van der Waals surface area (Å²) in [5.41, 5.74) is 2.53. The highest BCUT2D eigenvalue weighted by molar-refractivity contribution is 5.50. The van der Waals surface area contributed by atoms with Crippen LogP contribution in [0.25, 0.3) is 0 Å². The first-order valence-electron chi connectivity index (χ1n) is 8.13. The summed E-state index contributed by atoms with van der Waals surface area (Å²) in [5.74, 6) is 0.333. The molecule has 0 unspecified atom stereocenters. The molecule has 0 saturated carbocycles. The van der Waals surface area contributed by atoms with Crippen molar-refractivity contribution < 1.29 is 5.11 Å². The van der Waals surface area contributed by atoms with Gasteiger partial charge in [-0.15, -0.1) is 0 Å². The standard InChI is InChI=1S/C19H24N2O/c1-2-21(17-6-4-3-5-7-17)18-12-14-20(15-13-18)16-8-10-19(22)11-9-16/h3-11,18,22H,2,12-15H2,1H3. The Hall–Kier alpha value is -2.16. The Morgan fingerprint density at radius 2 is 1.64 bits per heavy atom. The molecule has 0 radical (unpaired) electrons. The van der Waals surface area contributed by atoms with E-state index >= 15 is 0 Å². The highest BCUT2D eigenvalue weighted by Gasteiger charge is 2.24. The van der Waals surface area contributed by atoms with Gasteiger partial charge < -0.3 is 14.9 Å². The van der Waals surface area contributed by atoms with Gasteiger partial charge in [-0.1, -0.05) is 18.2 Å². The molecule has 1 aliphatic rings. The number of aromatic hydroxyl groups is 1. The maximum atomic E-state index is 9.40. The average molecular weight is 296 g/mol. The SMILES string of the molecule is CCN(c1ccccc1)C1CCN(c2ccc(O)cc2)CC1. The molecule has 1 aliphatic heterocycles. The fourth-order valence-electron chi connectivity index (χ4n) is 3.37. The lowest BCUT2D eigenvalue weighted by Gasteiger charge is -2.40. The van der Waals surface area contributed by atoms with Crippen molar-refractivity contribution in [2.45, 2.75) is 25.8 Å². The van der Waals surface area contributed by atoms with E-state index in [4.69, 9.17) is 0 Å². The van der Waals surface area contributed by atoms with Crippen LogP contribution in [0.3, 0.4) is 0 Å². The predicted octanol–water partition coefficient (Wildman–Crippen LogP) is 3.89. The van der Waals surface area contributed by atoms with E-state index < -0.39 is 0 Å². The normalized spacial score (nSPS) is 15.8. The van der Waals surface area contributed by atoms with E-state index in [1.807, 2.05) is 12.1 Å². The van der Waals surface area contributed by atoms with Gasteiger partial charge in [0.1, 0.15) is 5.75 Å². The molecular formula is C19H24N2O. The van der Waals surface area contributed by atoms with E-state index in [-0.39, 0.29) is 0 Å². The van der Waals surface area contributed by atoms with Crippen molar-refractivity contribution in [1.82, 2.24) is 0 Å². The van der Waals surface area contributed by atoms with Gasteiger partial charge in [0.15, 0.2) is 0 Å². The number of hydrogen-bond acceptors (Lipinski definition) is 3. The molecule has 0 aromatic heterocycles. The van der Waals surface area contributed by atoms with E-state index in [1.165, 1.54) is 24.2 Å². The molecule has 1 fully saturated rings. The van der Waals surface area contributed by atoms with E-state index in [1.54, 1.807) is 12.1 Å². The van der Waals surface area contributed by atoms with Gasteiger partial charge in [-0.2, -0.15) is 0 Å². The summed E-state index contributed by atoms with van der Waals surface area (Å²) in [7, 11) is 0. The molecule has 116 valence electrons. The summed E-state index contributed by atoms with van der Waals surface area (Å²) in [6, 6.07) is 18.9. The summed E-state index contributed by atoms with van der Waals surface area (Å²) < 4.78 is 0.